The Kier molecular flexibility index (Phi) is 5.26. The standard InChI is InChI=1S/C21H22O6/c1-12-7-3-5-9-14(12)17(23)18(24)20-21(26,11-16(22)27-20)19(25)15-10-6-4-8-13(15)2/h3-10,16,18,20,22,24,26H,11H2,1-2H3. The van der Waals surface area contributed by atoms with Gasteiger partial charge in [-0.1, -0.05) is 48.5 Å². The molecule has 142 valence electrons. The molecule has 27 heavy (non-hydrogen) atoms. The predicted molar refractivity (Wildman–Crippen MR) is 97.5 cm³/mol. The zero-order valence-corrected chi connectivity index (χ0v) is 15.1. The van der Waals surface area contributed by atoms with Crippen molar-refractivity contribution >= 4 is 11.6 Å². The fraction of sp³-hybridized carbons (Fsp3) is 0.333. The van der Waals surface area contributed by atoms with E-state index in [4.69, 9.17) is 4.74 Å². The SMILES string of the molecule is Cc1ccccc1C(=O)C(O)C1OC(O)CC1(O)C(=O)c1ccccc1C. The average Bonchev–Trinajstić information content (AvgIpc) is 2.96. The predicted octanol–water partition coefficient (Wildman–Crippen LogP) is 1.57. The van der Waals surface area contributed by atoms with E-state index >= 15 is 0 Å². The lowest BCUT2D eigenvalue weighted by molar-refractivity contribution is -0.128. The number of hydrogen-bond donors (Lipinski definition) is 3. The molecule has 4 unspecified atom stereocenters. The van der Waals surface area contributed by atoms with Gasteiger partial charge in [0.2, 0.25) is 0 Å². The second-order valence-electron chi connectivity index (χ2n) is 6.91. The first-order chi connectivity index (χ1) is 12.8. The number of rotatable bonds is 5. The highest BCUT2D eigenvalue weighted by molar-refractivity contribution is 6.06. The Hall–Kier alpha value is -2.38. The Morgan fingerprint density at radius 1 is 1.04 bits per heavy atom. The second kappa shape index (κ2) is 7.32. The van der Waals surface area contributed by atoms with Crippen molar-refractivity contribution in [1.29, 1.82) is 0 Å². The summed E-state index contributed by atoms with van der Waals surface area (Å²) in [5.41, 5.74) is -0.424. The summed E-state index contributed by atoms with van der Waals surface area (Å²) in [6.45, 7) is 3.43. The maximum Gasteiger partial charge on any atom is 0.197 e. The molecule has 6 nitrogen and oxygen atoms in total. The quantitative estimate of drug-likeness (QED) is 0.690. The summed E-state index contributed by atoms with van der Waals surface area (Å²) in [5.74, 6) is -1.37. The van der Waals surface area contributed by atoms with Crippen molar-refractivity contribution in [3.05, 3.63) is 70.8 Å². The van der Waals surface area contributed by atoms with Gasteiger partial charge in [0.1, 0.15) is 12.2 Å². The van der Waals surface area contributed by atoms with Crippen LogP contribution >= 0.6 is 0 Å². The Labute approximate surface area is 157 Å². The van der Waals surface area contributed by atoms with Crippen LogP contribution < -0.4 is 0 Å². The number of aryl methyl sites for hydroxylation is 2. The molecule has 0 radical (unpaired) electrons. The number of aliphatic hydroxyl groups excluding tert-OH is 2. The van der Waals surface area contributed by atoms with Crippen LogP contribution in [0.2, 0.25) is 0 Å². The molecule has 0 aliphatic carbocycles. The summed E-state index contributed by atoms with van der Waals surface area (Å²) in [6, 6.07) is 13.3. The molecule has 1 fully saturated rings. The van der Waals surface area contributed by atoms with Gasteiger partial charge in [-0.2, -0.15) is 0 Å². The highest BCUT2D eigenvalue weighted by Crippen LogP contribution is 2.36. The van der Waals surface area contributed by atoms with Crippen LogP contribution in [0.1, 0.15) is 38.3 Å². The smallest absolute Gasteiger partial charge is 0.197 e. The van der Waals surface area contributed by atoms with Crippen LogP contribution in [0.3, 0.4) is 0 Å². The summed E-state index contributed by atoms with van der Waals surface area (Å²) >= 11 is 0. The van der Waals surface area contributed by atoms with Crippen LogP contribution in [0.5, 0.6) is 0 Å². The molecule has 0 bridgehead atoms. The summed E-state index contributed by atoms with van der Waals surface area (Å²) in [4.78, 5) is 25.8. The molecule has 4 atom stereocenters. The molecule has 6 heteroatoms. The van der Waals surface area contributed by atoms with E-state index in [1.165, 1.54) is 0 Å². The second-order valence-corrected chi connectivity index (χ2v) is 6.91. The van der Waals surface area contributed by atoms with E-state index in [0.29, 0.717) is 11.1 Å². The zero-order valence-electron chi connectivity index (χ0n) is 15.1. The van der Waals surface area contributed by atoms with Gasteiger partial charge in [0, 0.05) is 17.5 Å². The fourth-order valence-corrected chi connectivity index (χ4v) is 3.48. The van der Waals surface area contributed by atoms with E-state index in [1.54, 1.807) is 62.4 Å². The fourth-order valence-electron chi connectivity index (χ4n) is 3.48. The largest absolute Gasteiger partial charge is 0.382 e. The minimum absolute atomic E-state index is 0.248. The molecule has 0 saturated carbocycles. The van der Waals surface area contributed by atoms with Gasteiger partial charge in [0.05, 0.1) is 0 Å². The summed E-state index contributed by atoms with van der Waals surface area (Å²) in [7, 11) is 0. The molecule has 1 saturated heterocycles. The summed E-state index contributed by atoms with van der Waals surface area (Å²) in [6.07, 6.45) is -5.27. The van der Waals surface area contributed by atoms with E-state index in [-0.39, 0.29) is 11.1 Å². The van der Waals surface area contributed by atoms with Crippen molar-refractivity contribution in [2.75, 3.05) is 0 Å². The normalized spacial score (nSPS) is 26.0. The topological polar surface area (TPSA) is 104 Å². The van der Waals surface area contributed by atoms with Gasteiger partial charge in [-0.05, 0) is 25.0 Å². The maximum absolute atomic E-state index is 13.0. The van der Waals surface area contributed by atoms with Crippen molar-refractivity contribution in [3.8, 4) is 0 Å². The number of carbonyl (C=O) groups is 2. The van der Waals surface area contributed by atoms with Crippen LogP contribution in [0.4, 0.5) is 0 Å². The van der Waals surface area contributed by atoms with Gasteiger partial charge in [0.25, 0.3) is 0 Å². The van der Waals surface area contributed by atoms with Crippen LogP contribution in [-0.4, -0.2) is 51.0 Å². The Balaban J connectivity index is 1.96. The monoisotopic (exact) mass is 370 g/mol. The van der Waals surface area contributed by atoms with Crippen molar-refractivity contribution in [3.63, 3.8) is 0 Å². The molecule has 3 N–H and O–H groups in total. The van der Waals surface area contributed by atoms with Crippen LogP contribution in [0.15, 0.2) is 48.5 Å². The minimum Gasteiger partial charge on any atom is -0.382 e. The number of aliphatic hydroxyl groups is 3. The van der Waals surface area contributed by atoms with Gasteiger partial charge >= 0.3 is 0 Å². The Morgan fingerprint density at radius 2 is 1.56 bits per heavy atom. The molecule has 1 aliphatic heterocycles. The highest BCUT2D eigenvalue weighted by atomic mass is 16.6. The third-order valence-electron chi connectivity index (χ3n) is 5.01. The number of ether oxygens (including phenoxy) is 1. The molecule has 0 spiro atoms. The third-order valence-corrected chi connectivity index (χ3v) is 5.01. The van der Waals surface area contributed by atoms with Crippen LogP contribution in [-0.2, 0) is 4.74 Å². The molecule has 1 aliphatic rings. The molecule has 0 aromatic heterocycles. The number of ketones is 2. The first-order valence-electron chi connectivity index (χ1n) is 8.70. The molecular weight excluding hydrogens is 348 g/mol. The van der Waals surface area contributed by atoms with Crippen molar-refractivity contribution in [2.24, 2.45) is 0 Å². The van der Waals surface area contributed by atoms with Gasteiger partial charge in [0.15, 0.2) is 23.5 Å². The molecule has 2 aromatic rings. The molecule has 2 aromatic carbocycles. The van der Waals surface area contributed by atoms with Crippen LogP contribution in [0, 0.1) is 13.8 Å². The molecular formula is C21H22O6. The van der Waals surface area contributed by atoms with Crippen molar-refractivity contribution < 1.29 is 29.6 Å². The van der Waals surface area contributed by atoms with Gasteiger partial charge in [-0.3, -0.25) is 9.59 Å². The zero-order chi connectivity index (χ0) is 19.8. The van der Waals surface area contributed by atoms with E-state index in [9.17, 15) is 24.9 Å². The van der Waals surface area contributed by atoms with Gasteiger partial charge in [-0.15, -0.1) is 0 Å². The first-order valence-corrected chi connectivity index (χ1v) is 8.70. The Bertz CT molecular complexity index is 876. The lowest BCUT2D eigenvalue weighted by Gasteiger charge is -2.30. The summed E-state index contributed by atoms with van der Waals surface area (Å²) < 4.78 is 5.22. The van der Waals surface area contributed by atoms with E-state index in [2.05, 4.69) is 0 Å². The third kappa shape index (κ3) is 3.44. The maximum atomic E-state index is 13.0. The molecule has 3 rings (SSSR count). The number of hydrogen-bond acceptors (Lipinski definition) is 6. The number of benzene rings is 2. The van der Waals surface area contributed by atoms with Crippen molar-refractivity contribution in [1.82, 2.24) is 0 Å². The minimum atomic E-state index is -2.22. The van der Waals surface area contributed by atoms with Crippen LogP contribution in [0.25, 0.3) is 0 Å². The lowest BCUT2D eigenvalue weighted by atomic mass is 9.81. The number of Topliss-reactive ketones (excluding diaryl/α,β-unsaturated/α-hetero) is 2. The lowest BCUT2D eigenvalue weighted by Crippen LogP contribution is -2.54. The van der Waals surface area contributed by atoms with Gasteiger partial charge < -0.3 is 20.1 Å². The number of carbonyl (C=O) groups excluding carboxylic acids is 2. The first kappa shape index (κ1) is 19.4. The summed E-state index contributed by atoms with van der Waals surface area (Å²) in [5, 5.41) is 31.6. The molecule has 0 amide bonds. The molecule has 1 heterocycles. The van der Waals surface area contributed by atoms with Gasteiger partial charge in [-0.25, -0.2) is 0 Å². The van der Waals surface area contributed by atoms with E-state index < -0.39 is 42.1 Å². The van der Waals surface area contributed by atoms with Crippen molar-refractivity contribution in [2.45, 2.75) is 44.4 Å². The van der Waals surface area contributed by atoms with E-state index in [1.807, 2.05) is 0 Å². The highest BCUT2D eigenvalue weighted by Gasteiger charge is 2.57. The average molecular weight is 370 g/mol. The van der Waals surface area contributed by atoms with E-state index in [0.717, 1.165) is 0 Å². The Morgan fingerprint density at radius 3 is 2.11 bits per heavy atom.